The van der Waals surface area contributed by atoms with Gasteiger partial charge in [-0.1, -0.05) is 23.2 Å². The molecule has 0 saturated heterocycles. The van der Waals surface area contributed by atoms with E-state index in [0.29, 0.717) is 5.69 Å². The Hall–Kier alpha value is -1.80. The van der Waals surface area contributed by atoms with Crippen LogP contribution in [0.15, 0.2) is 12.1 Å². The van der Waals surface area contributed by atoms with E-state index in [2.05, 4.69) is 10.4 Å². The number of fused-ring (bicyclic) bond motifs is 1. The molecule has 1 aromatic heterocycles. The van der Waals surface area contributed by atoms with Crippen molar-refractivity contribution < 1.29 is 15.0 Å². The minimum absolute atomic E-state index is 0.0955. The van der Waals surface area contributed by atoms with Crippen LogP contribution in [-0.2, 0) is 16.9 Å². The van der Waals surface area contributed by atoms with Crippen molar-refractivity contribution in [3.63, 3.8) is 0 Å². The summed E-state index contributed by atoms with van der Waals surface area (Å²) in [5.74, 6) is -0.590. The molecule has 2 heterocycles. The minimum Gasteiger partial charge on any atom is -0.394 e. The average molecular weight is 357 g/mol. The number of aliphatic hydroxyl groups excluding tert-OH is 1. The number of benzene rings is 1. The number of hydrogen-bond donors (Lipinski definition) is 4. The molecule has 3 rings (SSSR count). The van der Waals surface area contributed by atoms with Gasteiger partial charge in [0, 0.05) is 10.6 Å². The lowest BCUT2D eigenvalue weighted by Gasteiger charge is -2.21. The standard InChI is InChI=1S/C14H14Cl2N4O3/c1-6-10(12(17)20(19-6)2-3-21)14(23)8-4-7(15)5-9(16)11(8)18-13(14)22/h4-5,21,23H,2-3,17H2,1H3,(H,18,22)/t14-/m0/s1. The zero-order valence-corrected chi connectivity index (χ0v) is 13.6. The van der Waals surface area contributed by atoms with Crippen LogP contribution in [0.3, 0.4) is 0 Å². The molecule has 0 saturated carbocycles. The maximum absolute atomic E-state index is 12.5. The van der Waals surface area contributed by atoms with Gasteiger partial charge in [-0.15, -0.1) is 0 Å². The number of aryl methyl sites for hydroxylation is 1. The molecule has 0 radical (unpaired) electrons. The molecule has 23 heavy (non-hydrogen) atoms. The van der Waals surface area contributed by atoms with Crippen LogP contribution >= 0.6 is 23.2 Å². The number of anilines is 2. The molecule has 7 nitrogen and oxygen atoms in total. The molecule has 1 aliphatic heterocycles. The Kier molecular flexibility index (Phi) is 3.76. The summed E-state index contributed by atoms with van der Waals surface area (Å²) in [4.78, 5) is 12.5. The van der Waals surface area contributed by atoms with Crippen LogP contribution in [0.1, 0.15) is 16.8 Å². The van der Waals surface area contributed by atoms with Crippen molar-refractivity contribution in [3.05, 3.63) is 39.0 Å². The highest BCUT2D eigenvalue weighted by molar-refractivity contribution is 6.38. The highest BCUT2D eigenvalue weighted by Gasteiger charge is 2.51. The van der Waals surface area contributed by atoms with Gasteiger partial charge in [-0.2, -0.15) is 5.10 Å². The Balaban J connectivity index is 2.27. The largest absolute Gasteiger partial charge is 0.394 e. The third-order valence-electron chi connectivity index (χ3n) is 3.85. The molecule has 0 bridgehead atoms. The lowest BCUT2D eigenvalue weighted by molar-refractivity contribution is -0.129. The van der Waals surface area contributed by atoms with Crippen molar-refractivity contribution in [1.82, 2.24) is 9.78 Å². The second kappa shape index (κ2) is 5.38. The van der Waals surface area contributed by atoms with Crippen LogP contribution in [0, 0.1) is 6.92 Å². The van der Waals surface area contributed by atoms with E-state index in [-0.39, 0.29) is 45.8 Å². The number of aromatic nitrogens is 2. The van der Waals surface area contributed by atoms with Crippen LogP contribution in [0.5, 0.6) is 0 Å². The molecule has 1 atom stereocenters. The number of aliphatic hydroxyl groups is 2. The zero-order chi connectivity index (χ0) is 16.9. The summed E-state index contributed by atoms with van der Waals surface area (Å²) in [7, 11) is 0. The van der Waals surface area contributed by atoms with Crippen molar-refractivity contribution in [2.24, 2.45) is 0 Å². The molecule has 0 fully saturated rings. The van der Waals surface area contributed by atoms with Crippen molar-refractivity contribution in [3.8, 4) is 0 Å². The fourth-order valence-electron chi connectivity index (χ4n) is 2.87. The Morgan fingerprint density at radius 3 is 2.78 bits per heavy atom. The average Bonchev–Trinajstić information content (AvgIpc) is 2.88. The quantitative estimate of drug-likeness (QED) is 0.661. The number of carbonyl (C=O) groups excluding carboxylic acids is 1. The second-order valence-corrected chi connectivity index (χ2v) is 6.11. The summed E-state index contributed by atoms with van der Waals surface area (Å²) in [6, 6.07) is 2.93. The summed E-state index contributed by atoms with van der Waals surface area (Å²) in [5.41, 5.74) is 5.02. The molecular formula is C14H14Cl2N4O3. The van der Waals surface area contributed by atoms with Gasteiger partial charge in [0.2, 0.25) is 5.60 Å². The van der Waals surface area contributed by atoms with E-state index in [9.17, 15) is 9.90 Å². The van der Waals surface area contributed by atoms with E-state index >= 15 is 0 Å². The van der Waals surface area contributed by atoms with Gasteiger partial charge in [0.1, 0.15) is 5.82 Å². The van der Waals surface area contributed by atoms with Crippen LogP contribution in [0.2, 0.25) is 10.0 Å². The monoisotopic (exact) mass is 356 g/mol. The van der Waals surface area contributed by atoms with Gasteiger partial charge < -0.3 is 21.3 Å². The minimum atomic E-state index is -2.05. The van der Waals surface area contributed by atoms with Gasteiger partial charge in [0.05, 0.1) is 35.1 Å². The van der Waals surface area contributed by atoms with Crippen molar-refractivity contribution in [2.45, 2.75) is 19.1 Å². The Bertz CT molecular complexity index is 821. The summed E-state index contributed by atoms with van der Waals surface area (Å²) in [5, 5.41) is 27.4. The summed E-state index contributed by atoms with van der Waals surface area (Å²) < 4.78 is 1.33. The van der Waals surface area contributed by atoms with Gasteiger partial charge in [-0.05, 0) is 19.1 Å². The van der Waals surface area contributed by atoms with E-state index < -0.39 is 11.5 Å². The van der Waals surface area contributed by atoms with E-state index in [1.165, 1.54) is 16.8 Å². The number of nitrogens with two attached hydrogens (primary N) is 1. The van der Waals surface area contributed by atoms with Crippen molar-refractivity contribution in [1.29, 1.82) is 0 Å². The van der Waals surface area contributed by atoms with Crippen LogP contribution in [0.4, 0.5) is 11.5 Å². The fraction of sp³-hybridized carbons (Fsp3) is 0.286. The molecule has 2 aromatic rings. The maximum atomic E-state index is 12.5. The first-order chi connectivity index (χ1) is 10.8. The lowest BCUT2D eigenvalue weighted by Crippen LogP contribution is -2.36. The molecule has 0 aliphatic carbocycles. The topological polar surface area (TPSA) is 113 Å². The SMILES string of the molecule is Cc1nn(CCO)c(N)c1[C@]1(O)C(=O)Nc2c(Cl)cc(Cl)cc21. The lowest BCUT2D eigenvalue weighted by atomic mass is 9.87. The van der Waals surface area contributed by atoms with Gasteiger partial charge in [-0.3, -0.25) is 4.79 Å². The summed E-state index contributed by atoms with van der Waals surface area (Å²) in [6.07, 6.45) is 0. The zero-order valence-electron chi connectivity index (χ0n) is 12.1. The van der Waals surface area contributed by atoms with E-state index in [1.807, 2.05) is 0 Å². The second-order valence-electron chi connectivity index (χ2n) is 5.27. The third-order valence-corrected chi connectivity index (χ3v) is 4.37. The van der Waals surface area contributed by atoms with E-state index in [4.69, 9.17) is 34.0 Å². The first-order valence-electron chi connectivity index (χ1n) is 6.78. The summed E-state index contributed by atoms with van der Waals surface area (Å²) in [6.45, 7) is 1.59. The van der Waals surface area contributed by atoms with Crippen molar-refractivity contribution >= 4 is 40.6 Å². The first-order valence-corrected chi connectivity index (χ1v) is 7.53. The molecule has 5 N–H and O–H groups in total. The molecule has 122 valence electrons. The number of halogens is 2. The molecule has 0 spiro atoms. The van der Waals surface area contributed by atoms with Gasteiger partial charge >= 0.3 is 0 Å². The first kappa shape index (κ1) is 16.1. The number of nitrogen functional groups attached to an aromatic ring is 1. The normalized spacial score (nSPS) is 19.8. The van der Waals surface area contributed by atoms with E-state index in [1.54, 1.807) is 6.92 Å². The molecule has 0 unspecified atom stereocenters. The molecule has 9 heteroatoms. The summed E-state index contributed by atoms with van der Waals surface area (Å²) >= 11 is 12.1. The van der Waals surface area contributed by atoms with Crippen molar-refractivity contribution in [2.75, 3.05) is 17.7 Å². The molecule has 1 aliphatic rings. The molecular weight excluding hydrogens is 343 g/mol. The smallest absolute Gasteiger partial charge is 0.266 e. The van der Waals surface area contributed by atoms with Crippen LogP contribution in [0.25, 0.3) is 0 Å². The number of amides is 1. The number of rotatable bonds is 3. The number of nitrogens with one attached hydrogen (secondary N) is 1. The van der Waals surface area contributed by atoms with Gasteiger partial charge in [0.25, 0.3) is 5.91 Å². The molecule has 1 aromatic carbocycles. The Morgan fingerprint density at radius 2 is 2.13 bits per heavy atom. The Labute approximate surface area is 141 Å². The molecule has 1 amide bonds. The predicted molar refractivity (Wildman–Crippen MR) is 86.6 cm³/mol. The van der Waals surface area contributed by atoms with Crippen LogP contribution < -0.4 is 11.1 Å². The highest BCUT2D eigenvalue weighted by atomic mass is 35.5. The highest BCUT2D eigenvalue weighted by Crippen LogP contribution is 2.47. The van der Waals surface area contributed by atoms with E-state index in [0.717, 1.165) is 0 Å². The maximum Gasteiger partial charge on any atom is 0.266 e. The van der Waals surface area contributed by atoms with Crippen LogP contribution in [-0.4, -0.2) is 32.5 Å². The fourth-order valence-corrected chi connectivity index (χ4v) is 3.41. The number of hydrogen-bond acceptors (Lipinski definition) is 5. The third kappa shape index (κ3) is 2.20. The number of nitrogens with zero attached hydrogens (tertiary/aromatic N) is 2. The van der Waals surface area contributed by atoms with Gasteiger partial charge in [0.15, 0.2) is 0 Å². The van der Waals surface area contributed by atoms with Gasteiger partial charge in [-0.25, -0.2) is 4.68 Å². The number of carbonyl (C=O) groups is 1. The Morgan fingerprint density at radius 1 is 1.43 bits per heavy atom. The predicted octanol–water partition coefficient (Wildman–Crippen LogP) is 1.26.